The number of amides is 1. The molecule has 0 aliphatic carbocycles. The molecule has 0 unspecified atom stereocenters. The van der Waals surface area contributed by atoms with Crippen molar-refractivity contribution in [2.45, 2.75) is 26.0 Å². The Hall–Kier alpha value is -3.08. The maximum atomic E-state index is 12.7. The molecule has 5 heteroatoms. The fourth-order valence-corrected chi connectivity index (χ4v) is 2.73. The second-order valence-electron chi connectivity index (χ2n) is 6.32. The lowest BCUT2D eigenvalue weighted by atomic mass is 10.1. The van der Waals surface area contributed by atoms with Gasteiger partial charge in [0.05, 0.1) is 0 Å². The first-order valence-electron chi connectivity index (χ1n) is 8.60. The third kappa shape index (κ3) is 4.11. The van der Waals surface area contributed by atoms with Gasteiger partial charge in [0.2, 0.25) is 0 Å². The van der Waals surface area contributed by atoms with Crippen LogP contribution in [0.4, 0.5) is 0 Å². The molecular weight excluding hydrogens is 326 g/mol. The largest absolute Gasteiger partial charge is 0.481 e. The Labute approximate surface area is 153 Å². The third-order valence-electron chi connectivity index (χ3n) is 4.24. The van der Waals surface area contributed by atoms with E-state index in [2.05, 4.69) is 10.3 Å². The smallest absolute Gasteiger partial charge is 0.261 e. The number of carbonyl (C=O) groups excluding carboxylic acids is 1. The molecule has 1 heterocycles. The maximum absolute atomic E-state index is 12.7. The minimum Gasteiger partial charge on any atom is -0.481 e. The number of hydrogen-bond donors (Lipinski definition) is 1. The van der Waals surface area contributed by atoms with Gasteiger partial charge in [-0.25, -0.2) is 4.98 Å². The molecule has 0 spiro atoms. The van der Waals surface area contributed by atoms with Crippen LogP contribution in [0.3, 0.4) is 0 Å². The lowest BCUT2D eigenvalue weighted by molar-refractivity contribution is -0.127. The number of carbonyl (C=O) groups is 1. The van der Waals surface area contributed by atoms with Gasteiger partial charge >= 0.3 is 0 Å². The van der Waals surface area contributed by atoms with Gasteiger partial charge in [0, 0.05) is 19.4 Å². The van der Waals surface area contributed by atoms with Gasteiger partial charge < -0.3 is 14.6 Å². The fraction of sp³-hybridized carbons (Fsp3) is 0.238. The van der Waals surface area contributed by atoms with Gasteiger partial charge in [0.15, 0.2) is 6.10 Å². The first-order chi connectivity index (χ1) is 12.5. The summed E-state index contributed by atoms with van der Waals surface area (Å²) in [5.74, 6) is 1.25. The van der Waals surface area contributed by atoms with E-state index in [1.165, 1.54) is 0 Å². The van der Waals surface area contributed by atoms with Gasteiger partial charge in [0.1, 0.15) is 17.6 Å². The molecule has 1 N–H and O–H groups in total. The summed E-state index contributed by atoms with van der Waals surface area (Å²) in [4.78, 5) is 17.1. The van der Waals surface area contributed by atoms with Crippen molar-refractivity contribution in [3.05, 3.63) is 83.9 Å². The maximum Gasteiger partial charge on any atom is 0.261 e. The number of nitrogens with one attached hydrogen (secondary N) is 1. The van der Waals surface area contributed by atoms with Crippen molar-refractivity contribution in [3.8, 4) is 5.75 Å². The number of imidazole rings is 1. The van der Waals surface area contributed by atoms with Crippen LogP contribution in [0, 0.1) is 6.92 Å². The van der Waals surface area contributed by atoms with E-state index in [4.69, 9.17) is 4.74 Å². The number of nitrogens with zero attached hydrogens (tertiary/aromatic N) is 2. The quantitative estimate of drug-likeness (QED) is 0.742. The Morgan fingerprint density at radius 1 is 1.12 bits per heavy atom. The van der Waals surface area contributed by atoms with Crippen LogP contribution in [0.15, 0.2) is 67.0 Å². The summed E-state index contributed by atoms with van der Waals surface area (Å²) in [7, 11) is 1.91. The van der Waals surface area contributed by atoms with E-state index < -0.39 is 6.10 Å². The highest BCUT2D eigenvalue weighted by Crippen LogP contribution is 2.21. The predicted molar refractivity (Wildman–Crippen MR) is 101 cm³/mol. The van der Waals surface area contributed by atoms with E-state index in [0.29, 0.717) is 5.75 Å². The van der Waals surface area contributed by atoms with Gasteiger partial charge in [-0.05, 0) is 31.5 Å². The van der Waals surface area contributed by atoms with Crippen molar-refractivity contribution < 1.29 is 9.53 Å². The fourth-order valence-electron chi connectivity index (χ4n) is 2.73. The third-order valence-corrected chi connectivity index (χ3v) is 4.24. The first kappa shape index (κ1) is 17.7. The van der Waals surface area contributed by atoms with Crippen LogP contribution in [0.5, 0.6) is 5.75 Å². The summed E-state index contributed by atoms with van der Waals surface area (Å²) >= 11 is 0. The molecule has 2 atom stereocenters. The zero-order valence-corrected chi connectivity index (χ0v) is 15.2. The van der Waals surface area contributed by atoms with Crippen LogP contribution in [0.1, 0.15) is 29.9 Å². The van der Waals surface area contributed by atoms with E-state index >= 15 is 0 Å². The molecule has 0 saturated heterocycles. The average molecular weight is 349 g/mol. The number of rotatable bonds is 6. The molecule has 3 rings (SSSR count). The number of benzene rings is 2. The molecule has 0 saturated carbocycles. The zero-order valence-electron chi connectivity index (χ0n) is 15.2. The van der Waals surface area contributed by atoms with Crippen molar-refractivity contribution >= 4 is 5.91 Å². The SMILES string of the molecule is Cc1ccc(O[C@H](C)C(=O)N[C@H](c2ccccc2)c2nccn2C)cc1. The average Bonchev–Trinajstić information content (AvgIpc) is 3.07. The Balaban J connectivity index is 1.77. The van der Waals surface area contributed by atoms with Crippen molar-refractivity contribution in [3.63, 3.8) is 0 Å². The van der Waals surface area contributed by atoms with Crippen LogP contribution in [0.2, 0.25) is 0 Å². The normalized spacial score (nSPS) is 13.0. The highest BCUT2D eigenvalue weighted by atomic mass is 16.5. The highest BCUT2D eigenvalue weighted by molar-refractivity contribution is 5.81. The summed E-state index contributed by atoms with van der Waals surface area (Å²) in [5.41, 5.74) is 2.12. The lowest BCUT2D eigenvalue weighted by Crippen LogP contribution is -2.39. The summed E-state index contributed by atoms with van der Waals surface area (Å²) in [6.45, 7) is 3.76. The van der Waals surface area contributed by atoms with E-state index in [0.717, 1.165) is 17.0 Å². The summed E-state index contributed by atoms with van der Waals surface area (Å²) < 4.78 is 7.68. The van der Waals surface area contributed by atoms with Crippen molar-refractivity contribution in [2.75, 3.05) is 0 Å². The van der Waals surface area contributed by atoms with Gasteiger partial charge in [-0.15, -0.1) is 0 Å². The molecule has 134 valence electrons. The van der Waals surface area contributed by atoms with Crippen molar-refractivity contribution in [2.24, 2.45) is 7.05 Å². The van der Waals surface area contributed by atoms with Gasteiger partial charge in [-0.1, -0.05) is 48.0 Å². The van der Waals surface area contributed by atoms with Crippen LogP contribution in [0.25, 0.3) is 0 Å². The second-order valence-corrected chi connectivity index (χ2v) is 6.32. The summed E-state index contributed by atoms with van der Waals surface area (Å²) in [6, 6.07) is 17.1. The molecule has 0 bridgehead atoms. The van der Waals surface area contributed by atoms with Crippen LogP contribution >= 0.6 is 0 Å². The molecular formula is C21H23N3O2. The molecule has 1 aromatic heterocycles. The van der Waals surface area contributed by atoms with Crippen molar-refractivity contribution in [1.29, 1.82) is 0 Å². The monoisotopic (exact) mass is 349 g/mol. The van der Waals surface area contributed by atoms with Gasteiger partial charge in [0.25, 0.3) is 5.91 Å². The van der Waals surface area contributed by atoms with Crippen LogP contribution in [-0.4, -0.2) is 21.6 Å². The summed E-state index contributed by atoms with van der Waals surface area (Å²) in [6.07, 6.45) is 2.97. The van der Waals surface area contributed by atoms with Gasteiger partial charge in [-0.2, -0.15) is 0 Å². The number of aryl methyl sites for hydroxylation is 2. The Morgan fingerprint density at radius 3 is 2.42 bits per heavy atom. The van der Waals surface area contributed by atoms with Crippen LogP contribution < -0.4 is 10.1 Å². The van der Waals surface area contributed by atoms with E-state index in [1.54, 1.807) is 13.1 Å². The van der Waals surface area contributed by atoms with E-state index in [9.17, 15) is 4.79 Å². The Kier molecular flexibility index (Phi) is 5.37. The number of aromatic nitrogens is 2. The van der Waals surface area contributed by atoms with Crippen molar-refractivity contribution in [1.82, 2.24) is 14.9 Å². The molecule has 0 radical (unpaired) electrons. The molecule has 3 aromatic rings. The van der Waals surface area contributed by atoms with E-state index in [1.807, 2.05) is 79.3 Å². The molecule has 0 aliphatic rings. The topological polar surface area (TPSA) is 56.1 Å². The number of ether oxygens (including phenoxy) is 1. The van der Waals surface area contributed by atoms with Gasteiger partial charge in [-0.3, -0.25) is 4.79 Å². The zero-order chi connectivity index (χ0) is 18.5. The second kappa shape index (κ2) is 7.87. The Bertz CT molecular complexity index is 856. The molecule has 26 heavy (non-hydrogen) atoms. The Morgan fingerprint density at radius 2 is 1.81 bits per heavy atom. The minimum atomic E-state index is -0.621. The molecule has 2 aromatic carbocycles. The minimum absolute atomic E-state index is 0.192. The molecule has 0 aliphatic heterocycles. The molecule has 1 amide bonds. The van der Waals surface area contributed by atoms with E-state index in [-0.39, 0.29) is 11.9 Å². The van der Waals surface area contributed by atoms with Crippen LogP contribution in [-0.2, 0) is 11.8 Å². The highest BCUT2D eigenvalue weighted by Gasteiger charge is 2.24. The standard InChI is InChI=1S/C21H23N3O2/c1-15-9-11-18(12-10-15)26-16(2)21(25)23-19(17-7-5-4-6-8-17)20-22-13-14-24(20)3/h4-14,16,19H,1-3H3,(H,23,25)/t16-,19-/m1/s1. The lowest BCUT2D eigenvalue weighted by Gasteiger charge is -2.22. The first-order valence-corrected chi connectivity index (χ1v) is 8.60. The molecule has 0 fully saturated rings. The summed E-state index contributed by atoms with van der Waals surface area (Å²) in [5, 5.41) is 3.06. The predicted octanol–water partition coefficient (Wildman–Crippen LogP) is 3.40. The molecule has 5 nitrogen and oxygen atoms in total. The number of hydrogen-bond acceptors (Lipinski definition) is 3.